The number of nitrogens with zero attached hydrogens (tertiary/aromatic N) is 2. The molecule has 1 aromatic carbocycles. The normalized spacial score (nSPS) is 21.2. The number of fused-ring (bicyclic) bond motifs is 2. The molecule has 3 rings (SSSR count). The van der Waals surface area contributed by atoms with Crippen LogP contribution in [0, 0.1) is 0 Å². The molecule has 1 amide bonds. The fourth-order valence-corrected chi connectivity index (χ4v) is 3.89. The molecule has 0 aromatic heterocycles. The molecule has 0 atom stereocenters. The molecule has 0 saturated heterocycles. The zero-order valence-corrected chi connectivity index (χ0v) is 13.6. The van der Waals surface area contributed by atoms with E-state index in [9.17, 15) is 4.79 Å². The van der Waals surface area contributed by atoms with E-state index in [1.807, 2.05) is 0 Å². The van der Waals surface area contributed by atoms with Crippen LogP contribution < -0.4 is 0 Å². The maximum atomic E-state index is 13.4. The zero-order valence-electron chi connectivity index (χ0n) is 13.6. The number of rotatable bonds is 2. The van der Waals surface area contributed by atoms with Crippen molar-refractivity contribution in [3.05, 3.63) is 35.4 Å². The minimum absolute atomic E-state index is 0.262. The van der Waals surface area contributed by atoms with Crippen molar-refractivity contribution in [2.75, 3.05) is 14.1 Å². The lowest BCUT2D eigenvalue weighted by atomic mass is 9.72. The summed E-state index contributed by atoms with van der Waals surface area (Å²) < 4.78 is 0. The molecule has 1 heterocycles. The third-order valence-electron chi connectivity index (χ3n) is 5.73. The van der Waals surface area contributed by atoms with E-state index in [1.54, 1.807) is 0 Å². The topological polar surface area (TPSA) is 23.6 Å². The molecule has 1 aliphatic carbocycles. The first-order valence-corrected chi connectivity index (χ1v) is 7.97. The van der Waals surface area contributed by atoms with Gasteiger partial charge in [-0.3, -0.25) is 9.69 Å². The summed E-state index contributed by atoms with van der Waals surface area (Å²) in [5.74, 6) is 0.331. The van der Waals surface area contributed by atoms with Gasteiger partial charge >= 0.3 is 0 Å². The summed E-state index contributed by atoms with van der Waals surface area (Å²) in [6, 6.07) is 8.55. The highest BCUT2D eigenvalue weighted by Gasteiger charge is 2.51. The first kappa shape index (κ1) is 14.6. The molecule has 0 unspecified atom stereocenters. The molecule has 1 saturated carbocycles. The Bertz CT molecular complexity index is 556. The van der Waals surface area contributed by atoms with Crippen molar-refractivity contribution in [3.8, 4) is 0 Å². The van der Waals surface area contributed by atoms with Gasteiger partial charge < -0.3 is 4.90 Å². The molecule has 21 heavy (non-hydrogen) atoms. The third-order valence-corrected chi connectivity index (χ3v) is 5.73. The monoisotopic (exact) mass is 286 g/mol. The largest absolute Gasteiger partial charge is 0.320 e. The van der Waals surface area contributed by atoms with Crippen molar-refractivity contribution < 1.29 is 4.79 Å². The van der Waals surface area contributed by atoms with E-state index in [2.05, 4.69) is 62.0 Å². The minimum atomic E-state index is -0.264. The highest BCUT2D eigenvalue weighted by Crippen LogP contribution is 2.48. The van der Waals surface area contributed by atoms with Crippen LogP contribution in [0.25, 0.3) is 0 Å². The number of amides is 1. The lowest BCUT2D eigenvalue weighted by Gasteiger charge is -2.50. The number of carbonyl (C=O) groups excluding carboxylic acids is 1. The van der Waals surface area contributed by atoms with Crippen molar-refractivity contribution in [3.63, 3.8) is 0 Å². The van der Waals surface area contributed by atoms with E-state index >= 15 is 0 Å². The van der Waals surface area contributed by atoms with Crippen LogP contribution in [0.2, 0.25) is 0 Å². The lowest BCUT2D eigenvalue weighted by molar-refractivity contribution is -0.152. The van der Waals surface area contributed by atoms with Crippen molar-refractivity contribution in [1.82, 2.24) is 9.80 Å². The summed E-state index contributed by atoms with van der Waals surface area (Å²) in [5.41, 5.74) is 2.09. The second-order valence-corrected chi connectivity index (χ2v) is 7.23. The Kier molecular flexibility index (Phi) is 3.36. The van der Waals surface area contributed by atoms with Gasteiger partial charge in [0, 0.05) is 6.54 Å². The van der Waals surface area contributed by atoms with Gasteiger partial charge in [0.05, 0.1) is 11.1 Å². The fraction of sp³-hybridized carbons (Fsp3) is 0.611. The van der Waals surface area contributed by atoms with Crippen molar-refractivity contribution in [1.29, 1.82) is 0 Å². The zero-order chi connectivity index (χ0) is 15.3. The SMILES string of the molecule is CN(C)C(C)(C)N1Cc2ccccc2C2(CCCC2)C1=O. The number of hydrogen-bond donors (Lipinski definition) is 0. The van der Waals surface area contributed by atoms with Gasteiger partial charge in [0.15, 0.2) is 0 Å². The Balaban J connectivity index is 2.12. The molecule has 114 valence electrons. The lowest BCUT2D eigenvalue weighted by Crippen LogP contribution is -2.62. The molecule has 0 bridgehead atoms. The molecule has 0 N–H and O–H groups in total. The van der Waals surface area contributed by atoms with Gasteiger partial charge in [-0.1, -0.05) is 37.1 Å². The van der Waals surface area contributed by atoms with E-state index in [-0.39, 0.29) is 11.1 Å². The predicted molar refractivity (Wildman–Crippen MR) is 84.9 cm³/mol. The number of hydrogen-bond acceptors (Lipinski definition) is 2. The second kappa shape index (κ2) is 4.84. The van der Waals surface area contributed by atoms with Gasteiger partial charge in [0.1, 0.15) is 0 Å². The molecule has 3 heteroatoms. The summed E-state index contributed by atoms with van der Waals surface area (Å²) >= 11 is 0. The Labute approximate surface area is 127 Å². The molecule has 1 fully saturated rings. The summed E-state index contributed by atoms with van der Waals surface area (Å²) in [5, 5.41) is 0. The van der Waals surface area contributed by atoms with Crippen LogP contribution in [0.5, 0.6) is 0 Å². The van der Waals surface area contributed by atoms with Crippen molar-refractivity contribution >= 4 is 5.91 Å². The summed E-state index contributed by atoms with van der Waals surface area (Å²) in [6.45, 7) is 5.00. The summed E-state index contributed by atoms with van der Waals surface area (Å²) in [4.78, 5) is 17.6. The standard InChI is InChI=1S/C18H26N2O/c1-17(2,19(3)4)20-13-14-9-5-6-10-15(14)18(16(20)21)11-7-8-12-18/h5-6,9-10H,7-8,11-13H2,1-4H3. The summed E-state index contributed by atoms with van der Waals surface area (Å²) in [7, 11) is 4.10. The first-order valence-electron chi connectivity index (χ1n) is 7.97. The van der Waals surface area contributed by atoms with Crippen LogP contribution in [-0.4, -0.2) is 35.5 Å². The first-order chi connectivity index (χ1) is 9.89. The van der Waals surface area contributed by atoms with Crippen molar-refractivity contribution in [2.45, 2.75) is 57.2 Å². The van der Waals surface area contributed by atoms with Crippen LogP contribution in [0.1, 0.15) is 50.7 Å². The molecule has 2 aliphatic rings. The van der Waals surface area contributed by atoms with Gasteiger partial charge in [0.2, 0.25) is 5.91 Å². The fourth-order valence-electron chi connectivity index (χ4n) is 3.89. The number of carbonyl (C=O) groups is 1. The molecule has 1 aliphatic heterocycles. The molecule has 1 spiro atoms. The highest BCUT2D eigenvalue weighted by molar-refractivity contribution is 5.91. The van der Waals surface area contributed by atoms with Gasteiger partial charge in [0.25, 0.3) is 0 Å². The van der Waals surface area contributed by atoms with E-state index in [0.29, 0.717) is 5.91 Å². The van der Waals surface area contributed by atoms with Crippen LogP contribution in [0.4, 0.5) is 0 Å². The Hall–Kier alpha value is -1.35. The Morgan fingerprint density at radius 2 is 1.76 bits per heavy atom. The maximum Gasteiger partial charge on any atom is 0.234 e. The molecular formula is C18H26N2O. The van der Waals surface area contributed by atoms with Gasteiger partial charge in [-0.25, -0.2) is 0 Å². The Morgan fingerprint density at radius 3 is 2.38 bits per heavy atom. The minimum Gasteiger partial charge on any atom is -0.320 e. The van der Waals surface area contributed by atoms with Gasteiger partial charge in [-0.2, -0.15) is 0 Å². The van der Waals surface area contributed by atoms with Crippen LogP contribution in [0.15, 0.2) is 24.3 Å². The molecular weight excluding hydrogens is 260 g/mol. The maximum absolute atomic E-state index is 13.4. The third kappa shape index (κ3) is 2.02. The van der Waals surface area contributed by atoms with E-state index in [4.69, 9.17) is 0 Å². The van der Waals surface area contributed by atoms with Crippen molar-refractivity contribution in [2.24, 2.45) is 0 Å². The smallest absolute Gasteiger partial charge is 0.234 e. The average molecular weight is 286 g/mol. The Morgan fingerprint density at radius 1 is 1.14 bits per heavy atom. The van der Waals surface area contributed by atoms with E-state index in [1.165, 1.54) is 11.1 Å². The van der Waals surface area contributed by atoms with E-state index in [0.717, 1.165) is 32.2 Å². The quantitative estimate of drug-likeness (QED) is 0.834. The van der Waals surface area contributed by atoms with Gasteiger partial charge in [-0.15, -0.1) is 0 Å². The molecule has 3 nitrogen and oxygen atoms in total. The molecule has 1 aromatic rings. The average Bonchev–Trinajstić information content (AvgIpc) is 2.93. The predicted octanol–water partition coefficient (Wildman–Crippen LogP) is 3.14. The van der Waals surface area contributed by atoms with Gasteiger partial charge in [-0.05, 0) is 51.9 Å². The van der Waals surface area contributed by atoms with Crippen LogP contribution >= 0.6 is 0 Å². The second-order valence-electron chi connectivity index (χ2n) is 7.23. The van der Waals surface area contributed by atoms with Crippen LogP contribution in [0.3, 0.4) is 0 Å². The van der Waals surface area contributed by atoms with Crippen LogP contribution in [-0.2, 0) is 16.8 Å². The molecule has 0 radical (unpaired) electrons. The van der Waals surface area contributed by atoms with E-state index < -0.39 is 0 Å². The number of benzene rings is 1. The summed E-state index contributed by atoms with van der Waals surface area (Å²) in [6.07, 6.45) is 4.33. The highest BCUT2D eigenvalue weighted by atomic mass is 16.2.